The van der Waals surface area contributed by atoms with Crippen LogP contribution in [0.3, 0.4) is 0 Å². The fourth-order valence-corrected chi connectivity index (χ4v) is 4.04. The second kappa shape index (κ2) is 13.8. The summed E-state index contributed by atoms with van der Waals surface area (Å²) in [4.78, 5) is 37.3. The Balaban J connectivity index is 1.61. The van der Waals surface area contributed by atoms with E-state index in [0.29, 0.717) is 12.8 Å². The van der Waals surface area contributed by atoms with Crippen molar-refractivity contribution < 1.29 is 14.4 Å². The van der Waals surface area contributed by atoms with Gasteiger partial charge in [0.2, 0.25) is 11.8 Å². The van der Waals surface area contributed by atoms with Gasteiger partial charge in [0, 0.05) is 6.42 Å². The van der Waals surface area contributed by atoms with Gasteiger partial charge in [0.25, 0.3) is 0 Å². The normalized spacial score (nSPS) is 12.3. The number of amides is 2. The summed E-state index contributed by atoms with van der Waals surface area (Å²) >= 11 is 0. The molecule has 2 N–H and O–H groups in total. The van der Waals surface area contributed by atoms with E-state index in [4.69, 9.17) is 0 Å². The molecule has 0 fully saturated rings. The van der Waals surface area contributed by atoms with Gasteiger partial charge in [-0.3, -0.25) is 9.59 Å². The average Bonchev–Trinajstić information content (AvgIpc) is 2.90. The van der Waals surface area contributed by atoms with Crippen LogP contribution in [0.25, 0.3) is 5.57 Å². The predicted molar refractivity (Wildman–Crippen MR) is 144 cm³/mol. The Morgan fingerprint density at radius 2 is 1.31 bits per heavy atom. The number of hydrogen-bond acceptors (Lipinski definition) is 3. The third kappa shape index (κ3) is 8.05. The highest BCUT2D eigenvalue weighted by molar-refractivity contribution is 5.89. The van der Waals surface area contributed by atoms with E-state index in [2.05, 4.69) is 41.0 Å². The van der Waals surface area contributed by atoms with E-state index in [-0.39, 0.29) is 24.2 Å². The van der Waals surface area contributed by atoms with Crippen molar-refractivity contribution >= 4 is 23.7 Å². The number of carbonyl (C=O) groups is 3. The van der Waals surface area contributed by atoms with E-state index in [1.54, 1.807) is 0 Å². The molecule has 0 unspecified atom stereocenters. The number of hydrogen-bond donors (Lipinski definition) is 2. The molecule has 0 aliphatic heterocycles. The van der Waals surface area contributed by atoms with Crippen LogP contribution in [0.1, 0.15) is 43.4 Å². The highest BCUT2D eigenvalue weighted by Gasteiger charge is 2.26. The second-order valence-electron chi connectivity index (χ2n) is 9.12. The number of nitrogens with one attached hydrogen (secondary N) is 2. The van der Waals surface area contributed by atoms with Gasteiger partial charge in [0.1, 0.15) is 12.3 Å². The molecule has 3 aromatic carbocycles. The molecule has 0 saturated carbocycles. The topological polar surface area (TPSA) is 75.3 Å². The fourth-order valence-electron chi connectivity index (χ4n) is 4.04. The molecule has 0 spiro atoms. The molecule has 0 radical (unpaired) electrons. The Morgan fingerprint density at radius 3 is 1.81 bits per heavy atom. The Bertz CT molecular complexity index is 1100. The molecule has 5 nitrogen and oxygen atoms in total. The quantitative estimate of drug-likeness (QED) is 0.358. The van der Waals surface area contributed by atoms with Crippen LogP contribution in [-0.2, 0) is 20.8 Å². The number of rotatable bonds is 12. The van der Waals surface area contributed by atoms with Gasteiger partial charge in [-0.25, -0.2) is 0 Å². The van der Waals surface area contributed by atoms with Gasteiger partial charge < -0.3 is 15.4 Å². The molecular weight excluding hydrogens is 448 g/mol. The summed E-state index contributed by atoms with van der Waals surface area (Å²) in [6.07, 6.45) is 3.99. The van der Waals surface area contributed by atoms with Gasteiger partial charge in [0.15, 0.2) is 0 Å². The standard InChI is InChI=1S/C31H34N2O3/c1-23(2)30(31(36)32-27(22-34)21-24-13-6-3-7-14-24)33-29(35)20-12-19-28(25-15-8-4-9-16-25)26-17-10-5-11-18-26/h3-11,13-19,22-23,27,30H,12,20-21H2,1-2H3,(H,32,36)(H,33,35)/t27-,30-/m0/s1. The molecule has 2 amide bonds. The first-order chi connectivity index (χ1) is 17.5. The fraction of sp³-hybridized carbons (Fsp3) is 0.258. The SMILES string of the molecule is CC(C)[C@H](NC(=O)CCC=C(c1ccccc1)c1ccccc1)C(=O)N[C@H](C=O)Cc1ccccc1. The molecule has 3 aromatic rings. The average molecular weight is 483 g/mol. The van der Waals surface area contributed by atoms with Gasteiger partial charge in [-0.15, -0.1) is 0 Å². The van der Waals surface area contributed by atoms with Gasteiger partial charge in [-0.05, 0) is 41.0 Å². The molecule has 0 bridgehead atoms. The lowest BCUT2D eigenvalue weighted by Gasteiger charge is -2.23. The molecule has 3 rings (SSSR count). The maximum atomic E-state index is 12.9. The molecule has 2 atom stereocenters. The summed E-state index contributed by atoms with van der Waals surface area (Å²) in [5, 5.41) is 5.65. The number of aldehydes is 1. The molecule has 0 saturated heterocycles. The van der Waals surface area contributed by atoms with Crippen LogP contribution in [0.5, 0.6) is 0 Å². The first-order valence-corrected chi connectivity index (χ1v) is 12.4. The van der Waals surface area contributed by atoms with E-state index in [1.165, 1.54) is 0 Å². The Labute approximate surface area is 213 Å². The maximum absolute atomic E-state index is 12.9. The summed E-state index contributed by atoms with van der Waals surface area (Å²) in [6, 6.07) is 28.3. The van der Waals surface area contributed by atoms with Crippen molar-refractivity contribution in [1.82, 2.24) is 10.6 Å². The van der Waals surface area contributed by atoms with Gasteiger partial charge in [0.05, 0.1) is 6.04 Å². The van der Waals surface area contributed by atoms with Gasteiger partial charge >= 0.3 is 0 Å². The van der Waals surface area contributed by atoms with Crippen molar-refractivity contribution in [3.63, 3.8) is 0 Å². The molecule has 0 heterocycles. The zero-order valence-electron chi connectivity index (χ0n) is 20.9. The maximum Gasteiger partial charge on any atom is 0.243 e. The second-order valence-corrected chi connectivity index (χ2v) is 9.12. The molecule has 0 aliphatic rings. The summed E-state index contributed by atoms with van der Waals surface area (Å²) in [5.41, 5.74) is 4.19. The van der Waals surface area contributed by atoms with E-state index in [1.807, 2.05) is 80.6 Å². The van der Waals surface area contributed by atoms with E-state index in [9.17, 15) is 14.4 Å². The third-order valence-corrected chi connectivity index (χ3v) is 5.95. The van der Waals surface area contributed by atoms with Crippen LogP contribution in [-0.4, -0.2) is 30.2 Å². The minimum absolute atomic E-state index is 0.127. The Kier molecular flexibility index (Phi) is 10.2. The number of benzene rings is 3. The predicted octanol–water partition coefficient (Wildman–Crippen LogP) is 4.97. The van der Waals surface area contributed by atoms with Gasteiger partial charge in [-0.1, -0.05) is 111 Å². The largest absolute Gasteiger partial charge is 0.344 e. The van der Waals surface area contributed by atoms with Crippen LogP contribution in [0, 0.1) is 5.92 Å². The summed E-state index contributed by atoms with van der Waals surface area (Å²) < 4.78 is 0. The van der Waals surface area contributed by atoms with Crippen molar-refractivity contribution in [2.24, 2.45) is 5.92 Å². The van der Waals surface area contributed by atoms with Crippen molar-refractivity contribution in [1.29, 1.82) is 0 Å². The zero-order chi connectivity index (χ0) is 25.8. The lowest BCUT2D eigenvalue weighted by atomic mass is 9.96. The highest BCUT2D eigenvalue weighted by Crippen LogP contribution is 2.24. The minimum atomic E-state index is -0.720. The molecular formula is C31H34N2O3. The minimum Gasteiger partial charge on any atom is -0.344 e. The van der Waals surface area contributed by atoms with Crippen LogP contribution in [0.4, 0.5) is 0 Å². The lowest BCUT2D eigenvalue weighted by molar-refractivity contribution is -0.131. The highest BCUT2D eigenvalue weighted by atomic mass is 16.2. The molecule has 0 aromatic heterocycles. The van der Waals surface area contributed by atoms with Gasteiger partial charge in [-0.2, -0.15) is 0 Å². The van der Waals surface area contributed by atoms with E-state index in [0.717, 1.165) is 28.5 Å². The van der Waals surface area contributed by atoms with Crippen molar-refractivity contribution in [3.05, 3.63) is 114 Å². The van der Waals surface area contributed by atoms with Crippen LogP contribution in [0.15, 0.2) is 97.1 Å². The molecule has 36 heavy (non-hydrogen) atoms. The van der Waals surface area contributed by atoms with Crippen molar-refractivity contribution in [2.45, 2.75) is 45.2 Å². The van der Waals surface area contributed by atoms with Crippen LogP contribution < -0.4 is 10.6 Å². The summed E-state index contributed by atoms with van der Waals surface area (Å²) in [5.74, 6) is -0.680. The number of allylic oxidation sites excluding steroid dienone is 1. The molecule has 0 aliphatic carbocycles. The first kappa shape index (κ1) is 26.6. The Morgan fingerprint density at radius 1 is 0.778 bits per heavy atom. The van der Waals surface area contributed by atoms with E-state index >= 15 is 0 Å². The lowest BCUT2D eigenvalue weighted by Crippen LogP contribution is -2.52. The van der Waals surface area contributed by atoms with Crippen molar-refractivity contribution in [3.8, 4) is 0 Å². The van der Waals surface area contributed by atoms with Crippen molar-refractivity contribution in [2.75, 3.05) is 0 Å². The molecule has 186 valence electrons. The summed E-state index contributed by atoms with van der Waals surface area (Å²) in [6.45, 7) is 3.75. The Hall–Kier alpha value is -3.99. The first-order valence-electron chi connectivity index (χ1n) is 12.4. The number of carbonyl (C=O) groups excluding carboxylic acids is 3. The van der Waals surface area contributed by atoms with E-state index < -0.39 is 12.1 Å². The third-order valence-electron chi connectivity index (χ3n) is 5.95. The smallest absolute Gasteiger partial charge is 0.243 e. The van der Waals surface area contributed by atoms with Crippen LogP contribution in [0.2, 0.25) is 0 Å². The molecule has 5 heteroatoms. The monoisotopic (exact) mass is 482 g/mol. The zero-order valence-corrected chi connectivity index (χ0v) is 20.9. The van der Waals surface area contributed by atoms with Crippen LogP contribution >= 0.6 is 0 Å². The summed E-state index contributed by atoms with van der Waals surface area (Å²) in [7, 11) is 0.